The van der Waals surface area contributed by atoms with Crippen LogP contribution in [0.15, 0.2) is 41.0 Å². The van der Waals surface area contributed by atoms with Crippen molar-refractivity contribution in [3.05, 3.63) is 47.4 Å². The molecule has 2 amide bonds. The average molecular weight is 348 g/mol. The molecule has 3 rings (SSSR count). The monoisotopic (exact) mass is 347 g/mol. The Morgan fingerprint density at radius 1 is 1.29 bits per heavy atom. The highest BCUT2D eigenvalue weighted by atomic mass is 35.5. The van der Waals surface area contributed by atoms with Crippen LogP contribution in [0.2, 0.25) is 5.02 Å². The van der Waals surface area contributed by atoms with Crippen molar-refractivity contribution < 1.29 is 14.0 Å². The van der Waals surface area contributed by atoms with Crippen LogP contribution < -0.4 is 16.0 Å². The minimum atomic E-state index is -0.375. The lowest BCUT2D eigenvalue weighted by molar-refractivity contribution is -0.121. The van der Waals surface area contributed by atoms with E-state index in [9.17, 15) is 9.59 Å². The SMILES string of the molecule is CC(Nc1ccc(NC(=O)c2ccco2)c(Cl)c1)C(=O)NC1CC1. The van der Waals surface area contributed by atoms with Crippen LogP contribution in [0, 0.1) is 0 Å². The topological polar surface area (TPSA) is 83.4 Å². The second-order valence-electron chi connectivity index (χ2n) is 5.77. The van der Waals surface area contributed by atoms with Gasteiger partial charge in [-0.3, -0.25) is 9.59 Å². The zero-order chi connectivity index (χ0) is 17.1. The molecule has 0 bridgehead atoms. The van der Waals surface area contributed by atoms with Crippen LogP contribution in [0.1, 0.15) is 30.3 Å². The highest BCUT2D eigenvalue weighted by molar-refractivity contribution is 6.34. The predicted molar refractivity (Wildman–Crippen MR) is 92.4 cm³/mol. The van der Waals surface area contributed by atoms with Gasteiger partial charge in [-0.1, -0.05) is 11.6 Å². The lowest BCUT2D eigenvalue weighted by Crippen LogP contribution is -2.38. The van der Waals surface area contributed by atoms with Crippen LogP contribution in [-0.4, -0.2) is 23.9 Å². The number of carbonyl (C=O) groups is 2. The van der Waals surface area contributed by atoms with Gasteiger partial charge in [0, 0.05) is 11.7 Å². The van der Waals surface area contributed by atoms with Crippen LogP contribution >= 0.6 is 11.6 Å². The van der Waals surface area contributed by atoms with Gasteiger partial charge in [-0.05, 0) is 50.1 Å². The quantitative estimate of drug-likeness (QED) is 0.749. The van der Waals surface area contributed by atoms with E-state index in [2.05, 4.69) is 16.0 Å². The summed E-state index contributed by atoms with van der Waals surface area (Å²) in [5.41, 5.74) is 1.17. The summed E-state index contributed by atoms with van der Waals surface area (Å²) in [6, 6.07) is 8.26. The minimum absolute atomic E-state index is 0.0381. The first-order chi connectivity index (χ1) is 11.5. The number of amides is 2. The Hall–Kier alpha value is -2.47. The molecule has 1 atom stereocenters. The molecular weight excluding hydrogens is 330 g/mol. The van der Waals surface area contributed by atoms with Gasteiger partial charge in [0.05, 0.1) is 17.0 Å². The van der Waals surface area contributed by atoms with E-state index in [4.69, 9.17) is 16.0 Å². The van der Waals surface area contributed by atoms with Crippen molar-refractivity contribution in [2.24, 2.45) is 0 Å². The van der Waals surface area contributed by atoms with E-state index in [1.165, 1.54) is 6.26 Å². The zero-order valence-corrected chi connectivity index (χ0v) is 13.9. The van der Waals surface area contributed by atoms with Crippen LogP contribution in [-0.2, 0) is 4.79 Å². The Kier molecular flexibility index (Phi) is 4.76. The normalized spacial score (nSPS) is 14.8. The Balaban J connectivity index is 1.61. The van der Waals surface area contributed by atoms with Gasteiger partial charge in [-0.25, -0.2) is 0 Å². The summed E-state index contributed by atoms with van der Waals surface area (Å²) >= 11 is 6.21. The number of hydrogen-bond donors (Lipinski definition) is 3. The molecule has 1 heterocycles. The molecule has 0 aliphatic heterocycles. The highest BCUT2D eigenvalue weighted by Gasteiger charge is 2.25. The Labute approximate surface area is 144 Å². The lowest BCUT2D eigenvalue weighted by Gasteiger charge is -2.16. The van der Waals surface area contributed by atoms with Crippen LogP contribution in [0.3, 0.4) is 0 Å². The molecule has 1 aromatic heterocycles. The fourth-order valence-corrected chi connectivity index (χ4v) is 2.40. The molecule has 1 aliphatic rings. The third-order valence-electron chi connectivity index (χ3n) is 3.66. The van der Waals surface area contributed by atoms with Gasteiger partial charge in [0.1, 0.15) is 6.04 Å². The first-order valence-electron chi connectivity index (χ1n) is 7.74. The second kappa shape index (κ2) is 6.97. The van der Waals surface area contributed by atoms with Gasteiger partial charge in [0.25, 0.3) is 5.91 Å². The van der Waals surface area contributed by atoms with Crippen LogP contribution in [0.25, 0.3) is 0 Å². The van der Waals surface area contributed by atoms with E-state index in [0.29, 0.717) is 22.4 Å². The van der Waals surface area contributed by atoms with Gasteiger partial charge < -0.3 is 20.4 Å². The minimum Gasteiger partial charge on any atom is -0.459 e. The molecule has 126 valence electrons. The van der Waals surface area contributed by atoms with Gasteiger partial charge in [0.15, 0.2) is 5.76 Å². The third-order valence-corrected chi connectivity index (χ3v) is 3.98. The fourth-order valence-electron chi connectivity index (χ4n) is 2.17. The maximum absolute atomic E-state index is 12.0. The Morgan fingerprint density at radius 2 is 2.08 bits per heavy atom. The average Bonchev–Trinajstić information content (AvgIpc) is 3.18. The molecule has 1 fully saturated rings. The van der Waals surface area contributed by atoms with Gasteiger partial charge >= 0.3 is 0 Å². The number of halogens is 1. The van der Waals surface area contributed by atoms with Crippen LogP contribution in [0.4, 0.5) is 11.4 Å². The molecule has 1 saturated carbocycles. The molecule has 7 heteroatoms. The number of anilines is 2. The van der Waals surface area contributed by atoms with E-state index in [0.717, 1.165) is 12.8 Å². The first kappa shape index (κ1) is 16.4. The van der Waals surface area contributed by atoms with Gasteiger partial charge in [0.2, 0.25) is 5.91 Å². The standard InChI is InChI=1S/C17H18ClN3O3/c1-10(16(22)20-11-4-5-11)19-12-6-7-14(13(18)9-12)21-17(23)15-3-2-8-24-15/h2-3,6-11,19H,4-5H2,1H3,(H,20,22)(H,21,23). The van der Waals surface area contributed by atoms with Crippen molar-refractivity contribution in [3.63, 3.8) is 0 Å². The summed E-state index contributed by atoms with van der Waals surface area (Å²) in [6.45, 7) is 1.79. The van der Waals surface area contributed by atoms with E-state index in [-0.39, 0.29) is 23.6 Å². The van der Waals surface area contributed by atoms with Gasteiger partial charge in [-0.2, -0.15) is 0 Å². The Bertz CT molecular complexity index is 742. The molecular formula is C17H18ClN3O3. The van der Waals surface area contributed by atoms with Crippen LogP contribution in [0.5, 0.6) is 0 Å². The molecule has 24 heavy (non-hydrogen) atoms. The van der Waals surface area contributed by atoms with E-state index < -0.39 is 0 Å². The summed E-state index contributed by atoms with van der Waals surface area (Å²) in [4.78, 5) is 23.9. The second-order valence-corrected chi connectivity index (χ2v) is 6.18. The van der Waals surface area contributed by atoms with Crippen molar-refractivity contribution in [2.45, 2.75) is 31.8 Å². The summed E-state index contributed by atoms with van der Waals surface area (Å²) in [6.07, 6.45) is 3.53. The molecule has 1 unspecified atom stereocenters. The van der Waals surface area contributed by atoms with Crippen molar-refractivity contribution in [1.82, 2.24) is 5.32 Å². The van der Waals surface area contributed by atoms with E-state index in [1.807, 2.05) is 0 Å². The highest BCUT2D eigenvalue weighted by Crippen LogP contribution is 2.26. The maximum atomic E-state index is 12.0. The number of rotatable bonds is 6. The summed E-state index contributed by atoms with van der Waals surface area (Å²) in [7, 11) is 0. The molecule has 0 saturated heterocycles. The lowest BCUT2D eigenvalue weighted by atomic mass is 10.2. The summed E-state index contributed by atoms with van der Waals surface area (Å²) < 4.78 is 5.03. The maximum Gasteiger partial charge on any atom is 0.291 e. The largest absolute Gasteiger partial charge is 0.459 e. The number of furan rings is 1. The molecule has 0 radical (unpaired) electrons. The molecule has 3 N–H and O–H groups in total. The number of nitrogens with one attached hydrogen (secondary N) is 3. The fraction of sp³-hybridized carbons (Fsp3) is 0.294. The molecule has 1 aliphatic carbocycles. The van der Waals surface area contributed by atoms with E-state index >= 15 is 0 Å². The van der Waals surface area contributed by atoms with Crippen molar-refractivity contribution in [2.75, 3.05) is 10.6 Å². The van der Waals surface area contributed by atoms with Crippen molar-refractivity contribution in [3.8, 4) is 0 Å². The summed E-state index contributed by atoms with van der Waals surface area (Å²) in [5.74, 6) is -0.206. The van der Waals surface area contributed by atoms with E-state index in [1.54, 1.807) is 37.3 Å². The number of benzene rings is 1. The molecule has 0 spiro atoms. The zero-order valence-electron chi connectivity index (χ0n) is 13.1. The van der Waals surface area contributed by atoms with Crippen molar-refractivity contribution in [1.29, 1.82) is 0 Å². The van der Waals surface area contributed by atoms with Crippen molar-refractivity contribution >= 4 is 34.8 Å². The first-order valence-corrected chi connectivity index (χ1v) is 8.12. The molecule has 2 aromatic rings. The Morgan fingerprint density at radius 3 is 2.71 bits per heavy atom. The smallest absolute Gasteiger partial charge is 0.291 e. The number of carbonyl (C=O) groups excluding carboxylic acids is 2. The molecule has 1 aromatic carbocycles. The summed E-state index contributed by atoms with van der Waals surface area (Å²) in [5, 5.41) is 9.08. The predicted octanol–water partition coefficient (Wildman–Crippen LogP) is 3.26. The number of hydrogen-bond acceptors (Lipinski definition) is 4. The van der Waals surface area contributed by atoms with Gasteiger partial charge in [-0.15, -0.1) is 0 Å². The molecule has 6 nitrogen and oxygen atoms in total. The third kappa shape index (κ3) is 4.08.